The van der Waals surface area contributed by atoms with E-state index < -0.39 is 0 Å². The van der Waals surface area contributed by atoms with Gasteiger partial charge in [0.2, 0.25) is 5.91 Å². The van der Waals surface area contributed by atoms with E-state index in [4.69, 9.17) is 0 Å². The SMILES string of the molecule is CCN(CC)CCNC(=O)c1ccc2c(c1)NC(=O)[C@@H](C)S2. The minimum absolute atomic E-state index is 0.0170. The van der Waals surface area contributed by atoms with Crippen LogP contribution < -0.4 is 10.6 Å². The largest absolute Gasteiger partial charge is 0.351 e. The van der Waals surface area contributed by atoms with Gasteiger partial charge in [0.15, 0.2) is 0 Å². The van der Waals surface area contributed by atoms with E-state index in [9.17, 15) is 9.59 Å². The molecule has 2 amide bonds. The number of benzene rings is 1. The second-order valence-corrected chi connectivity index (χ2v) is 6.63. The van der Waals surface area contributed by atoms with Gasteiger partial charge in [0.1, 0.15) is 0 Å². The summed E-state index contributed by atoms with van der Waals surface area (Å²) < 4.78 is 0. The predicted octanol–water partition coefficient (Wildman–Crippen LogP) is 2.19. The quantitative estimate of drug-likeness (QED) is 0.843. The van der Waals surface area contributed by atoms with Crippen LogP contribution in [0, 0.1) is 0 Å². The van der Waals surface area contributed by atoms with Gasteiger partial charge in [-0.1, -0.05) is 13.8 Å². The summed E-state index contributed by atoms with van der Waals surface area (Å²) in [5.74, 6) is -0.121. The molecule has 0 radical (unpaired) electrons. The Bertz CT molecular complexity index is 558. The third-order valence-electron chi connectivity index (χ3n) is 3.78. The number of carbonyl (C=O) groups excluding carboxylic acids is 2. The van der Waals surface area contributed by atoms with E-state index in [0.717, 1.165) is 30.2 Å². The fraction of sp³-hybridized carbons (Fsp3) is 0.500. The van der Waals surface area contributed by atoms with Crippen LogP contribution in [-0.4, -0.2) is 48.1 Å². The molecule has 1 aromatic rings. The number of nitrogens with one attached hydrogen (secondary N) is 2. The Morgan fingerprint density at radius 2 is 2.09 bits per heavy atom. The predicted molar refractivity (Wildman–Crippen MR) is 90.5 cm³/mol. The van der Waals surface area contributed by atoms with Gasteiger partial charge in [-0.3, -0.25) is 9.59 Å². The van der Waals surface area contributed by atoms with Gasteiger partial charge in [-0.2, -0.15) is 0 Å². The average Bonchev–Trinajstić information content (AvgIpc) is 2.52. The first kappa shape index (κ1) is 16.8. The molecule has 0 saturated carbocycles. The molecule has 2 N–H and O–H groups in total. The van der Waals surface area contributed by atoms with E-state index in [0.29, 0.717) is 12.1 Å². The molecule has 0 aromatic heterocycles. The maximum atomic E-state index is 12.2. The number of anilines is 1. The van der Waals surface area contributed by atoms with Gasteiger partial charge < -0.3 is 15.5 Å². The summed E-state index contributed by atoms with van der Waals surface area (Å²) in [6, 6.07) is 5.46. The molecule has 0 spiro atoms. The number of likely N-dealkylation sites (N-methyl/N-ethyl adjacent to an activating group) is 1. The molecule has 1 atom stereocenters. The lowest BCUT2D eigenvalue weighted by Crippen LogP contribution is -2.35. The van der Waals surface area contributed by atoms with Gasteiger partial charge in [0.25, 0.3) is 5.91 Å². The maximum Gasteiger partial charge on any atom is 0.251 e. The van der Waals surface area contributed by atoms with Crippen LogP contribution >= 0.6 is 11.8 Å². The molecule has 2 rings (SSSR count). The second-order valence-electron chi connectivity index (χ2n) is 5.24. The maximum absolute atomic E-state index is 12.2. The highest BCUT2D eigenvalue weighted by Crippen LogP contribution is 2.35. The Kier molecular flexibility index (Phi) is 5.85. The van der Waals surface area contributed by atoms with E-state index in [1.807, 2.05) is 19.1 Å². The van der Waals surface area contributed by atoms with Crippen molar-refractivity contribution in [1.29, 1.82) is 0 Å². The first-order chi connectivity index (χ1) is 10.5. The van der Waals surface area contributed by atoms with Crippen molar-refractivity contribution in [3.05, 3.63) is 23.8 Å². The highest BCUT2D eigenvalue weighted by molar-refractivity contribution is 8.00. The van der Waals surface area contributed by atoms with Crippen molar-refractivity contribution in [3.63, 3.8) is 0 Å². The third-order valence-corrected chi connectivity index (χ3v) is 4.96. The lowest BCUT2D eigenvalue weighted by atomic mass is 10.1. The highest BCUT2D eigenvalue weighted by Gasteiger charge is 2.23. The zero-order valence-corrected chi connectivity index (χ0v) is 14.1. The molecule has 0 aliphatic carbocycles. The summed E-state index contributed by atoms with van der Waals surface area (Å²) in [7, 11) is 0. The monoisotopic (exact) mass is 321 g/mol. The lowest BCUT2D eigenvalue weighted by molar-refractivity contribution is -0.115. The molecule has 120 valence electrons. The summed E-state index contributed by atoms with van der Waals surface area (Å²) in [6.07, 6.45) is 0. The molecule has 1 aromatic carbocycles. The van der Waals surface area contributed by atoms with Gasteiger partial charge in [-0.15, -0.1) is 11.8 Å². The number of hydrogen-bond donors (Lipinski definition) is 2. The van der Waals surface area contributed by atoms with E-state index in [1.165, 1.54) is 11.8 Å². The zero-order chi connectivity index (χ0) is 16.1. The number of rotatable bonds is 6. The number of thioether (sulfide) groups is 1. The van der Waals surface area contributed by atoms with Crippen molar-refractivity contribution in [2.75, 3.05) is 31.5 Å². The lowest BCUT2D eigenvalue weighted by Gasteiger charge is -2.22. The average molecular weight is 321 g/mol. The topological polar surface area (TPSA) is 61.4 Å². The van der Waals surface area contributed by atoms with E-state index in [-0.39, 0.29) is 17.1 Å². The molecule has 22 heavy (non-hydrogen) atoms. The minimum Gasteiger partial charge on any atom is -0.351 e. The second kappa shape index (κ2) is 7.65. The van der Waals surface area contributed by atoms with E-state index >= 15 is 0 Å². The first-order valence-corrected chi connectivity index (χ1v) is 8.55. The molecular formula is C16H23N3O2S. The Labute approximate surface area is 135 Å². The number of carbonyl (C=O) groups is 2. The van der Waals surface area contributed by atoms with Gasteiger partial charge in [-0.25, -0.2) is 0 Å². The van der Waals surface area contributed by atoms with Crippen molar-refractivity contribution >= 4 is 29.3 Å². The smallest absolute Gasteiger partial charge is 0.251 e. The van der Waals surface area contributed by atoms with Crippen LogP contribution in [0.1, 0.15) is 31.1 Å². The molecule has 5 nitrogen and oxygen atoms in total. The third kappa shape index (κ3) is 4.01. The summed E-state index contributed by atoms with van der Waals surface area (Å²) in [5.41, 5.74) is 1.30. The minimum atomic E-state index is -0.104. The van der Waals surface area contributed by atoms with Gasteiger partial charge in [-0.05, 0) is 38.2 Å². The molecule has 6 heteroatoms. The van der Waals surface area contributed by atoms with Crippen LogP contribution in [0.5, 0.6) is 0 Å². The summed E-state index contributed by atoms with van der Waals surface area (Å²) in [4.78, 5) is 27.2. The number of hydrogen-bond acceptors (Lipinski definition) is 4. The fourth-order valence-corrected chi connectivity index (χ4v) is 3.25. The number of amides is 2. The summed E-state index contributed by atoms with van der Waals surface area (Å²) in [5, 5.41) is 5.68. The van der Waals surface area contributed by atoms with Crippen molar-refractivity contribution < 1.29 is 9.59 Å². The molecule has 1 aliphatic rings. The Morgan fingerprint density at radius 3 is 2.77 bits per heavy atom. The van der Waals surface area contributed by atoms with Gasteiger partial charge in [0.05, 0.1) is 10.9 Å². The van der Waals surface area contributed by atoms with Crippen LogP contribution in [0.25, 0.3) is 0 Å². The first-order valence-electron chi connectivity index (χ1n) is 7.67. The fourth-order valence-electron chi connectivity index (χ4n) is 2.32. The van der Waals surface area contributed by atoms with Crippen LogP contribution in [0.4, 0.5) is 5.69 Å². The molecular weight excluding hydrogens is 298 g/mol. The number of fused-ring (bicyclic) bond motifs is 1. The van der Waals surface area contributed by atoms with Crippen molar-refractivity contribution in [2.24, 2.45) is 0 Å². The van der Waals surface area contributed by atoms with Crippen molar-refractivity contribution in [2.45, 2.75) is 30.9 Å². The van der Waals surface area contributed by atoms with Crippen LogP contribution in [-0.2, 0) is 4.79 Å². The van der Waals surface area contributed by atoms with Gasteiger partial charge in [0, 0.05) is 23.5 Å². The molecule has 1 heterocycles. The van der Waals surface area contributed by atoms with Crippen molar-refractivity contribution in [3.8, 4) is 0 Å². The summed E-state index contributed by atoms with van der Waals surface area (Å²) >= 11 is 1.52. The molecule has 0 saturated heterocycles. The van der Waals surface area contributed by atoms with Gasteiger partial charge >= 0.3 is 0 Å². The number of nitrogens with zero attached hydrogens (tertiary/aromatic N) is 1. The Hall–Kier alpha value is -1.53. The molecule has 0 fully saturated rings. The molecule has 0 unspecified atom stereocenters. The molecule has 1 aliphatic heterocycles. The van der Waals surface area contributed by atoms with Crippen LogP contribution in [0.2, 0.25) is 0 Å². The highest BCUT2D eigenvalue weighted by atomic mass is 32.2. The Balaban J connectivity index is 1.97. The van der Waals surface area contributed by atoms with E-state index in [1.54, 1.807) is 6.07 Å². The van der Waals surface area contributed by atoms with Crippen LogP contribution in [0.15, 0.2) is 23.1 Å². The van der Waals surface area contributed by atoms with Crippen molar-refractivity contribution in [1.82, 2.24) is 10.2 Å². The molecule has 0 bridgehead atoms. The normalized spacial score (nSPS) is 17.1. The zero-order valence-electron chi connectivity index (χ0n) is 13.3. The van der Waals surface area contributed by atoms with Crippen LogP contribution in [0.3, 0.4) is 0 Å². The standard InChI is InChI=1S/C16H23N3O2S/c1-4-19(5-2)9-8-17-16(21)12-6-7-14-13(10-12)18-15(20)11(3)22-14/h6-7,10-11H,4-5,8-9H2,1-3H3,(H,17,21)(H,18,20)/t11-/m1/s1. The van der Waals surface area contributed by atoms with E-state index in [2.05, 4.69) is 29.4 Å². The Morgan fingerprint density at radius 1 is 1.36 bits per heavy atom. The summed E-state index contributed by atoms with van der Waals surface area (Å²) in [6.45, 7) is 9.51.